The molecule has 1 fully saturated rings. The standard InChI is InChI=1S/C21H18Cl2N2O5/c1-30-15-5-2-4-13(10-15)18(26)12-24(25-19(27)6-3-7-20(25)28)21(29)16-9-8-14(22)11-17(16)23/h2,4-5,8-11H,3,6-7,12H2,1H3. The van der Waals surface area contributed by atoms with Crippen molar-refractivity contribution in [3.63, 3.8) is 0 Å². The first kappa shape index (κ1) is 21.8. The normalized spacial score (nSPS) is 13.9. The Bertz CT molecular complexity index is 1010. The smallest absolute Gasteiger partial charge is 0.274 e. The molecule has 0 atom stereocenters. The van der Waals surface area contributed by atoms with Crippen LogP contribution in [0.15, 0.2) is 42.5 Å². The van der Waals surface area contributed by atoms with Crippen LogP contribution in [0.3, 0.4) is 0 Å². The van der Waals surface area contributed by atoms with Crippen molar-refractivity contribution in [1.29, 1.82) is 0 Å². The molecule has 0 radical (unpaired) electrons. The van der Waals surface area contributed by atoms with Gasteiger partial charge in [-0.05, 0) is 36.8 Å². The lowest BCUT2D eigenvalue weighted by Gasteiger charge is -2.35. The molecule has 0 saturated carbocycles. The zero-order valence-corrected chi connectivity index (χ0v) is 17.6. The Hall–Kier alpha value is -2.90. The number of nitrogens with zero attached hydrogens (tertiary/aromatic N) is 2. The van der Waals surface area contributed by atoms with Crippen LogP contribution in [0.4, 0.5) is 0 Å². The lowest BCUT2D eigenvalue weighted by atomic mass is 10.1. The molecule has 1 saturated heterocycles. The minimum absolute atomic E-state index is 0.0192. The topological polar surface area (TPSA) is 84.0 Å². The van der Waals surface area contributed by atoms with E-state index in [9.17, 15) is 19.2 Å². The van der Waals surface area contributed by atoms with E-state index in [0.29, 0.717) is 17.2 Å². The highest BCUT2D eigenvalue weighted by Crippen LogP contribution is 2.25. The van der Waals surface area contributed by atoms with Gasteiger partial charge in [0, 0.05) is 23.4 Å². The number of hydrogen-bond acceptors (Lipinski definition) is 5. The summed E-state index contributed by atoms with van der Waals surface area (Å²) in [5, 5.41) is 1.96. The number of carbonyl (C=O) groups excluding carboxylic acids is 4. The largest absolute Gasteiger partial charge is 0.497 e. The van der Waals surface area contributed by atoms with Crippen LogP contribution >= 0.6 is 23.2 Å². The highest BCUT2D eigenvalue weighted by molar-refractivity contribution is 6.36. The summed E-state index contributed by atoms with van der Waals surface area (Å²) in [4.78, 5) is 51.1. The fourth-order valence-electron chi connectivity index (χ4n) is 3.07. The lowest BCUT2D eigenvalue weighted by Crippen LogP contribution is -2.56. The number of hydrazine groups is 1. The van der Waals surface area contributed by atoms with Crippen molar-refractivity contribution in [2.75, 3.05) is 13.7 Å². The van der Waals surface area contributed by atoms with Crippen molar-refractivity contribution in [2.45, 2.75) is 19.3 Å². The average Bonchev–Trinajstić information content (AvgIpc) is 2.72. The number of hydrogen-bond donors (Lipinski definition) is 0. The molecule has 1 aliphatic heterocycles. The molecule has 0 N–H and O–H groups in total. The second-order valence-corrected chi connectivity index (χ2v) is 7.44. The van der Waals surface area contributed by atoms with Gasteiger partial charge in [-0.15, -0.1) is 0 Å². The summed E-state index contributed by atoms with van der Waals surface area (Å²) in [5.41, 5.74) is 0.289. The maximum Gasteiger partial charge on any atom is 0.274 e. The highest BCUT2D eigenvalue weighted by Gasteiger charge is 2.36. The first-order valence-electron chi connectivity index (χ1n) is 9.11. The van der Waals surface area contributed by atoms with Crippen molar-refractivity contribution in [3.8, 4) is 5.75 Å². The molecule has 2 aromatic rings. The number of piperidine rings is 1. The third-order valence-corrected chi connectivity index (χ3v) is 5.12. The molecule has 0 aromatic heterocycles. The van der Waals surface area contributed by atoms with Crippen LogP contribution in [0.2, 0.25) is 10.0 Å². The second-order valence-electron chi connectivity index (χ2n) is 6.59. The predicted octanol–water partition coefficient (Wildman–Crippen LogP) is 3.78. The van der Waals surface area contributed by atoms with Crippen molar-refractivity contribution >= 4 is 46.7 Å². The van der Waals surface area contributed by atoms with Gasteiger partial charge in [-0.2, -0.15) is 5.01 Å². The Kier molecular flexibility index (Phi) is 6.74. The van der Waals surface area contributed by atoms with E-state index in [4.69, 9.17) is 27.9 Å². The molecule has 1 aliphatic rings. The molecule has 9 heteroatoms. The predicted molar refractivity (Wildman–Crippen MR) is 111 cm³/mol. The van der Waals surface area contributed by atoms with Gasteiger partial charge in [0.25, 0.3) is 5.91 Å². The van der Waals surface area contributed by atoms with Crippen molar-refractivity contribution < 1.29 is 23.9 Å². The Morgan fingerprint density at radius 2 is 1.77 bits per heavy atom. The SMILES string of the molecule is COc1cccc(C(=O)CN(C(=O)c2ccc(Cl)cc2Cl)N2C(=O)CCCC2=O)c1. The molecular weight excluding hydrogens is 431 g/mol. The maximum absolute atomic E-state index is 13.2. The Balaban J connectivity index is 1.98. The molecule has 3 amide bonds. The highest BCUT2D eigenvalue weighted by atomic mass is 35.5. The van der Waals surface area contributed by atoms with Crippen LogP contribution in [0, 0.1) is 0 Å². The molecule has 3 rings (SSSR count). The van der Waals surface area contributed by atoms with Gasteiger partial charge >= 0.3 is 0 Å². The quantitative estimate of drug-likeness (QED) is 0.495. The summed E-state index contributed by atoms with van der Waals surface area (Å²) >= 11 is 12.0. The third-order valence-electron chi connectivity index (χ3n) is 4.58. The van der Waals surface area contributed by atoms with E-state index in [1.807, 2.05) is 0 Å². The van der Waals surface area contributed by atoms with Gasteiger partial charge in [0.05, 0.1) is 17.7 Å². The molecule has 2 aromatic carbocycles. The van der Waals surface area contributed by atoms with E-state index in [1.54, 1.807) is 18.2 Å². The molecular formula is C21H18Cl2N2O5. The van der Waals surface area contributed by atoms with Gasteiger partial charge < -0.3 is 4.74 Å². The Morgan fingerprint density at radius 3 is 2.40 bits per heavy atom. The van der Waals surface area contributed by atoms with Crippen molar-refractivity contribution in [3.05, 3.63) is 63.6 Å². The fraction of sp³-hybridized carbons (Fsp3) is 0.238. The number of benzene rings is 2. The van der Waals surface area contributed by atoms with E-state index in [2.05, 4.69) is 0 Å². The third kappa shape index (κ3) is 4.63. The zero-order valence-electron chi connectivity index (χ0n) is 16.1. The van der Waals surface area contributed by atoms with Crippen molar-refractivity contribution in [2.24, 2.45) is 0 Å². The number of carbonyl (C=O) groups is 4. The van der Waals surface area contributed by atoms with E-state index in [-0.39, 0.29) is 29.0 Å². The molecule has 156 valence electrons. The summed E-state index contributed by atoms with van der Waals surface area (Å²) in [6.07, 6.45) is 0.580. The molecule has 0 spiro atoms. The lowest BCUT2D eigenvalue weighted by molar-refractivity contribution is -0.162. The number of rotatable bonds is 6. The zero-order chi connectivity index (χ0) is 21.8. The summed E-state index contributed by atoms with van der Waals surface area (Å²) in [5.74, 6) is -1.87. The number of methoxy groups -OCH3 is 1. The number of imide groups is 1. The number of amides is 3. The maximum atomic E-state index is 13.2. The van der Waals surface area contributed by atoms with Gasteiger partial charge in [0.2, 0.25) is 11.8 Å². The van der Waals surface area contributed by atoms with Crippen LogP contribution < -0.4 is 4.74 Å². The van der Waals surface area contributed by atoms with Crippen LogP contribution in [-0.4, -0.2) is 47.2 Å². The molecule has 0 unspecified atom stereocenters. The summed E-state index contributed by atoms with van der Waals surface area (Å²) in [6, 6.07) is 10.6. The first-order chi connectivity index (χ1) is 14.3. The fourth-order valence-corrected chi connectivity index (χ4v) is 3.56. The number of Topliss-reactive ketones (excluding diaryl/α,β-unsaturated/α-hetero) is 1. The van der Waals surface area contributed by atoms with Crippen LogP contribution in [0.5, 0.6) is 5.75 Å². The Morgan fingerprint density at radius 1 is 1.07 bits per heavy atom. The van der Waals surface area contributed by atoms with Crippen molar-refractivity contribution in [1.82, 2.24) is 10.0 Å². The van der Waals surface area contributed by atoms with E-state index in [0.717, 1.165) is 10.0 Å². The minimum atomic E-state index is -0.753. The average molecular weight is 449 g/mol. The molecule has 30 heavy (non-hydrogen) atoms. The van der Waals surface area contributed by atoms with Crippen LogP contribution in [-0.2, 0) is 9.59 Å². The van der Waals surface area contributed by atoms with Gasteiger partial charge in [-0.1, -0.05) is 35.3 Å². The molecule has 0 aliphatic carbocycles. The van der Waals surface area contributed by atoms with E-state index in [1.165, 1.54) is 31.4 Å². The van der Waals surface area contributed by atoms with Gasteiger partial charge in [-0.3, -0.25) is 19.2 Å². The number of ether oxygens (including phenoxy) is 1. The molecule has 0 bridgehead atoms. The number of ketones is 1. The summed E-state index contributed by atoms with van der Waals surface area (Å²) < 4.78 is 5.12. The molecule has 1 heterocycles. The number of halogens is 2. The summed E-state index contributed by atoms with van der Waals surface area (Å²) in [7, 11) is 1.47. The van der Waals surface area contributed by atoms with Gasteiger partial charge in [0.1, 0.15) is 12.3 Å². The second kappa shape index (κ2) is 9.28. The van der Waals surface area contributed by atoms with Crippen LogP contribution in [0.1, 0.15) is 40.0 Å². The Labute approximate surface area is 183 Å². The monoisotopic (exact) mass is 448 g/mol. The molecule has 7 nitrogen and oxygen atoms in total. The van der Waals surface area contributed by atoms with E-state index < -0.39 is 30.0 Å². The first-order valence-corrected chi connectivity index (χ1v) is 9.87. The van der Waals surface area contributed by atoms with Gasteiger partial charge in [0.15, 0.2) is 5.78 Å². The minimum Gasteiger partial charge on any atom is -0.497 e. The van der Waals surface area contributed by atoms with Crippen LogP contribution in [0.25, 0.3) is 0 Å². The van der Waals surface area contributed by atoms with E-state index >= 15 is 0 Å². The summed E-state index contributed by atoms with van der Waals surface area (Å²) in [6.45, 7) is -0.525. The van der Waals surface area contributed by atoms with Gasteiger partial charge in [-0.25, -0.2) is 5.01 Å².